The summed E-state index contributed by atoms with van der Waals surface area (Å²) in [5.74, 6) is 0.821. The van der Waals surface area contributed by atoms with E-state index in [1.54, 1.807) is 0 Å². The van der Waals surface area contributed by atoms with Crippen LogP contribution in [0.3, 0.4) is 0 Å². The third-order valence-corrected chi connectivity index (χ3v) is 3.94. The summed E-state index contributed by atoms with van der Waals surface area (Å²) in [7, 11) is 4.14. The van der Waals surface area contributed by atoms with Crippen molar-refractivity contribution in [1.82, 2.24) is 10.2 Å². The third-order valence-electron chi connectivity index (χ3n) is 3.59. The van der Waals surface area contributed by atoms with Crippen LogP contribution in [0.15, 0.2) is 18.2 Å². The van der Waals surface area contributed by atoms with Crippen LogP contribution in [0.4, 0.5) is 0 Å². The highest BCUT2D eigenvalue weighted by atomic mass is 35.5. The summed E-state index contributed by atoms with van der Waals surface area (Å²) < 4.78 is 0. The molecule has 100 valence electrons. The average molecular weight is 267 g/mol. The molecule has 1 fully saturated rings. The van der Waals surface area contributed by atoms with Gasteiger partial charge < -0.3 is 10.2 Å². The van der Waals surface area contributed by atoms with Crippen LogP contribution in [0.2, 0.25) is 5.02 Å². The van der Waals surface area contributed by atoms with E-state index in [9.17, 15) is 0 Å². The maximum atomic E-state index is 6.35. The number of nitrogens with zero attached hydrogens (tertiary/aromatic N) is 1. The molecule has 1 saturated heterocycles. The summed E-state index contributed by atoms with van der Waals surface area (Å²) >= 11 is 6.35. The fraction of sp³-hybridized carbons (Fsp3) is 0.600. The molecule has 1 aromatic carbocycles. The van der Waals surface area contributed by atoms with Gasteiger partial charge in [0.25, 0.3) is 0 Å². The first-order valence-corrected chi connectivity index (χ1v) is 7.15. The van der Waals surface area contributed by atoms with Gasteiger partial charge in [0.2, 0.25) is 0 Å². The molecular weight excluding hydrogens is 244 g/mol. The second-order valence-corrected chi connectivity index (χ2v) is 5.97. The summed E-state index contributed by atoms with van der Waals surface area (Å²) in [6.45, 7) is 3.24. The summed E-state index contributed by atoms with van der Waals surface area (Å²) in [4.78, 5) is 2.15. The lowest BCUT2D eigenvalue weighted by Gasteiger charge is -2.23. The predicted molar refractivity (Wildman–Crippen MR) is 78.1 cm³/mol. The predicted octanol–water partition coefficient (Wildman–Crippen LogP) is 2.94. The Morgan fingerprint density at radius 3 is 2.61 bits per heavy atom. The zero-order chi connectivity index (χ0) is 13.0. The van der Waals surface area contributed by atoms with Crippen molar-refractivity contribution in [2.24, 2.45) is 5.92 Å². The Kier molecular flexibility index (Phi) is 5.04. The Hall–Kier alpha value is -0.570. The lowest BCUT2D eigenvalue weighted by molar-refractivity contribution is 0.372. The summed E-state index contributed by atoms with van der Waals surface area (Å²) in [6, 6.07) is 6.58. The van der Waals surface area contributed by atoms with Crippen LogP contribution < -0.4 is 5.32 Å². The van der Waals surface area contributed by atoms with Crippen LogP contribution in [0, 0.1) is 5.92 Å². The maximum Gasteiger partial charge on any atom is 0.0453 e. The van der Waals surface area contributed by atoms with Crippen LogP contribution in [0.25, 0.3) is 0 Å². The topological polar surface area (TPSA) is 15.3 Å². The zero-order valence-corrected chi connectivity index (χ0v) is 12.1. The van der Waals surface area contributed by atoms with E-state index in [4.69, 9.17) is 11.6 Å². The molecule has 1 heterocycles. The fourth-order valence-electron chi connectivity index (χ4n) is 2.61. The Morgan fingerprint density at radius 1 is 1.28 bits per heavy atom. The minimum Gasteiger partial charge on any atom is -0.317 e. The molecule has 3 heteroatoms. The standard InChI is InChI=1S/C15H23ClN2/c1-18(2)11-14-4-3-13(10-15(14)16)9-12-5-7-17-8-6-12/h3-4,10,12,17H,5-9,11H2,1-2H3. The Morgan fingerprint density at radius 2 is 2.00 bits per heavy atom. The number of halogens is 1. The van der Waals surface area contributed by atoms with Crippen LogP contribution in [0.1, 0.15) is 24.0 Å². The Labute approximate surface area is 115 Å². The van der Waals surface area contributed by atoms with Crippen molar-refractivity contribution in [2.75, 3.05) is 27.2 Å². The smallest absolute Gasteiger partial charge is 0.0453 e. The molecule has 0 aromatic heterocycles. The highest BCUT2D eigenvalue weighted by Gasteiger charge is 2.14. The molecule has 18 heavy (non-hydrogen) atoms. The first-order chi connectivity index (χ1) is 8.65. The van der Waals surface area contributed by atoms with Crippen molar-refractivity contribution in [3.63, 3.8) is 0 Å². The molecule has 0 bridgehead atoms. The van der Waals surface area contributed by atoms with Crippen molar-refractivity contribution >= 4 is 11.6 Å². The Bertz CT molecular complexity index is 384. The molecule has 1 N–H and O–H groups in total. The molecule has 1 aromatic rings. The summed E-state index contributed by atoms with van der Waals surface area (Å²) in [5, 5.41) is 4.32. The number of hydrogen-bond acceptors (Lipinski definition) is 2. The van der Waals surface area contributed by atoms with Crippen LogP contribution in [-0.2, 0) is 13.0 Å². The van der Waals surface area contributed by atoms with Crippen molar-refractivity contribution < 1.29 is 0 Å². The molecule has 0 radical (unpaired) electrons. The van der Waals surface area contributed by atoms with E-state index in [0.717, 1.165) is 30.6 Å². The molecule has 1 aliphatic rings. The van der Waals surface area contributed by atoms with Gasteiger partial charge in [-0.15, -0.1) is 0 Å². The second kappa shape index (κ2) is 6.55. The van der Waals surface area contributed by atoms with Gasteiger partial charge in [-0.05, 0) is 69.6 Å². The molecule has 2 nitrogen and oxygen atoms in total. The van der Waals surface area contributed by atoms with Crippen molar-refractivity contribution in [2.45, 2.75) is 25.8 Å². The number of piperidine rings is 1. The van der Waals surface area contributed by atoms with Crippen LogP contribution >= 0.6 is 11.6 Å². The van der Waals surface area contributed by atoms with Gasteiger partial charge in [-0.1, -0.05) is 23.7 Å². The van der Waals surface area contributed by atoms with Crippen molar-refractivity contribution in [1.29, 1.82) is 0 Å². The van der Waals surface area contributed by atoms with Gasteiger partial charge in [0.05, 0.1) is 0 Å². The van der Waals surface area contributed by atoms with E-state index in [0.29, 0.717) is 0 Å². The maximum absolute atomic E-state index is 6.35. The number of rotatable bonds is 4. The molecular formula is C15H23ClN2. The number of nitrogens with one attached hydrogen (secondary N) is 1. The normalized spacial score (nSPS) is 17.3. The lowest BCUT2D eigenvalue weighted by atomic mass is 9.91. The average Bonchev–Trinajstić information content (AvgIpc) is 2.33. The van der Waals surface area contributed by atoms with Gasteiger partial charge >= 0.3 is 0 Å². The highest BCUT2D eigenvalue weighted by molar-refractivity contribution is 6.31. The van der Waals surface area contributed by atoms with E-state index < -0.39 is 0 Å². The van der Waals surface area contributed by atoms with Crippen molar-refractivity contribution in [3.8, 4) is 0 Å². The van der Waals surface area contributed by atoms with Gasteiger partial charge in [-0.3, -0.25) is 0 Å². The van der Waals surface area contributed by atoms with E-state index in [1.165, 1.54) is 30.4 Å². The first-order valence-electron chi connectivity index (χ1n) is 6.78. The van der Waals surface area contributed by atoms with Crippen molar-refractivity contribution in [3.05, 3.63) is 34.3 Å². The summed E-state index contributed by atoms with van der Waals surface area (Å²) in [5.41, 5.74) is 2.60. The van der Waals surface area contributed by atoms with Crippen LogP contribution in [-0.4, -0.2) is 32.1 Å². The van der Waals surface area contributed by atoms with Gasteiger partial charge in [-0.25, -0.2) is 0 Å². The first kappa shape index (κ1) is 13.9. The molecule has 0 unspecified atom stereocenters. The molecule has 1 aliphatic heterocycles. The molecule has 0 spiro atoms. The van der Waals surface area contributed by atoms with Gasteiger partial charge in [0.1, 0.15) is 0 Å². The Balaban J connectivity index is 1.99. The molecule has 0 atom stereocenters. The van der Waals surface area contributed by atoms with E-state index in [2.05, 4.69) is 42.5 Å². The van der Waals surface area contributed by atoms with Gasteiger partial charge in [-0.2, -0.15) is 0 Å². The molecule has 0 saturated carbocycles. The van der Waals surface area contributed by atoms with Crippen LogP contribution in [0.5, 0.6) is 0 Å². The van der Waals surface area contributed by atoms with E-state index in [1.807, 2.05) is 0 Å². The molecule has 2 rings (SSSR count). The number of hydrogen-bond donors (Lipinski definition) is 1. The molecule has 0 aliphatic carbocycles. The SMILES string of the molecule is CN(C)Cc1ccc(CC2CCNCC2)cc1Cl. The molecule has 0 amide bonds. The lowest BCUT2D eigenvalue weighted by Crippen LogP contribution is -2.28. The third kappa shape index (κ3) is 3.98. The summed E-state index contributed by atoms with van der Waals surface area (Å²) in [6.07, 6.45) is 3.75. The van der Waals surface area contributed by atoms with Gasteiger partial charge in [0, 0.05) is 11.6 Å². The van der Waals surface area contributed by atoms with Gasteiger partial charge in [0.15, 0.2) is 0 Å². The fourth-order valence-corrected chi connectivity index (χ4v) is 2.87. The minimum absolute atomic E-state index is 0.821. The zero-order valence-electron chi connectivity index (χ0n) is 11.4. The minimum atomic E-state index is 0.821. The quantitative estimate of drug-likeness (QED) is 0.902. The second-order valence-electron chi connectivity index (χ2n) is 5.56. The monoisotopic (exact) mass is 266 g/mol. The van der Waals surface area contributed by atoms with E-state index in [-0.39, 0.29) is 0 Å². The largest absolute Gasteiger partial charge is 0.317 e. The number of benzene rings is 1. The highest BCUT2D eigenvalue weighted by Crippen LogP contribution is 2.23. The van der Waals surface area contributed by atoms with E-state index >= 15 is 0 Å².